The van der Waals surface area contributed by atoms with Crippen molar-refractivity contribution in [3.8, 4) is 0 Å². The maximum atomic E-state index is 12.8. The molecule has 0 radical (unpaired) electrons. The molecule has 6 heteroatoms. The summed E-state index contributed by atoms with van der Waals surface area (Å²) in [6.07, 6.45) is 23.2. The van der Waals surface area contributed by atoms with Crippen LogP contribution in [0.5, 0.6) is 0 Å². The van der Waals surface area contributed by atoms with Crippen LogP contribution in [-0.2, 0) is 4.79 Å². The molecule has 0 aliphatic heterocycles. The molecule has 0 saturated carbocycles. The Balaban J connectivity index is 2.09. The summed E-state index contributed by atoms with van der Waals surface area (Å²) in [6.45, 7) is 3.03. The number of benzene rings is 1. The second-order valence-corrected chi connectivity index (χ2v) is 10.2. The summed E-state index contributed by atoms with van der Waals surface area (Å²) in [6, 6.07) is 6.26. The molecule has 0 N–H and O–H groups in total. The normalized spacial score (nSPS) is 11.6. The fourth-order valence-corrected chi connectivity index (χ4v) is 4.70. The Hall–Kier alpha value is -1.69. The molecule has 1 rings (SSSR count). The maximum Gasteiger partial charge on any atom is 0.269 e. The van der Waals surface area contributed by atoms with Crippen molar-refractivity contribution in [1.82, 2.24) is 4.90 Å². The average molecular weight is 552 g/mol. The first-order chi connectivity index (χ1) is 17.0. The minimum atomic E-state index is -0.421. The van der Waals surface area contributed by atoms with E-state index < -0.39 is 4.92 Å². The molecular formula is C29H47BrN2O3. The molecule has 0 heterocycles. The number of unbranched alkanes of at least 4 members (excludes halogenated alkanes) is 15. The summed E-state index contributed by atoms with van der Waals surface area (Å²) in [5.74, 6) is 0.00110. The van der Waals surface area contributed by atoms with Crippen LogP contribution in [0.1, 0.15) is 115 Å². The van der Waals surface area contributed by atoms with Gasteiger partial charge >= 0.3 is 0 Å². The molecule has 0 saturated heterocycles. The topological polar surface area (TPSA) is 63.5 Å². The van der Waals surface area contributed by atoms with Gasteiger partial charge in [-0.1, -0.05) is 119 Å². The quantitative estimate of drug-likeness (QED) is 0.0503. The van der Waals surface area contributed by atoms with Gasteiger partial charge < -0.3 is 4.90 Å². The van der Waals surface area contributed by atoms with Crippen molar-refractivity contribution in [3.63, 3.8) is 0 Å². The number of alkyl halides is 1. The van der Waals surface area contributed by atoms with Crippen molar-refractivity contribution < 1.29 is 9.72 Å². The maximum absolute atomic E-state index is 12.8. The van der Waals surface area contributed by atoms with E-state index in [1.165, 1.54) is 102 Å². The summed E-state index contributed by atoms with van der Waals surface area (Å²) >= 11 is 3.41. The molecule has 0 fully saturated rings. The van der Waals surface area contributed by atoms with E-state index in [1.807, 2.05) is 7.05 Å². The molecule has 0 spiro atoms. The molecule has 0 aliphatic rings. The van der Waals surface area contributed by atoms with E-state index in [9.17, 15) is 14.9 Å². The van der Waals surface area contributed by atoms with Gasteiger partial charge in [0.25, 0.3) is 5.69 Å². The number of likely N-dealkylation sites (N-methyl/N-ethyl adjacent to an activating group) is 1. The predicted molar refractivity (Wildman–Crippen MR) is 152 cm³/mol. The number of rotatable bonds is 21. The molecule has 0 aromatic heterocycles. The van der Waals surface area contributed by atoms with E-state index in [1.54, 1.807) is 23.1 Å². The molecule has 0 aliphatic carbocycles. The van der Waals surface area contributed by atoms with Gasteiger partial charge in [0, 0.05) is 36.6 Å². The summed E-state index contributed by atoms with van der Waals surface area (Å²) in [4.78, 5) is 24.9. The number of nitro groups is 1. The minimum Gasteiger partial charge on any atom is -0.342 e. The number of halogens is 1. The van der Waals surface area contributed by atoms with E-state index in [2.05, 4.69) is 22.9 Å². The standard InChI is InChI=1S/C29H47BrN2O3/c1-3-4-5-6-7-8-9-10-11-12-13-14-15-16-17-18-23-31(2)29(33)27(25-30)24-26-19-21-28(22-20-26)32(34)35/h19-22,24H,3-18,23,25H2,1-2H3/b27-24+. The van der Waals surface area contributed by atoms with Crippen LogP contribution in [0.4, 0.5) is 5.69 Å². The lowest BCUT2D eigenvalue weighted by Gasteiger charge is -2.18. The first-order valence-electron chi connectivity index (χ1n) is 13.8. The van der Waals surface area contributed by atoms with E-state index in [0.717, 1.165) is 24.9 Å². The van der Waals surface area contributed by atoms with E-state index >= 15 is 0 Å². The van der Waals surface area contributed by atoms with Gasteiger partial charge in [0.05, 0.1) is 4.92 Å². The van der Waals surface area contributed by atoms with Crippen LogP contribution in [0.25, 0.3) is 6.08 Å². The fourth-order valence-electron chi connectivity index (χ4n) is 4.29. The van der Waals surface area contributed by atoms with Gasteiger partial charge in [0.1, 0.15) is 0 Å². The first-order valence-corrected chi connectivity index (χ1v) is 14.9. The van der Waals surface area contributed by atoms with Crippen molar-refractivity contribution in [2.45, 2.75) is 110 Å². The lowest BCUT2D eigenvalue weighted by Crippen LogP contribution is -2.29. The Morgan fingerprint density at radius 1 is 0.829 bits per heavy atom. The molecule has 35 heavy (non-hydrogen) atoms. The Bertz CT molecular complexity index is 734. The zero-order valence-corrected chi connectivity index (χ0v) is 23.7. The minimum absolute atomic E-state index is 0.00110. The molecule has 1 amide bonds. The molecule has 1 aromatic rings. The molecular weight excluding hydrogens is 504 g/mol. The SMILES string of the molecule is CCCCCCCCCCCCCCCCCCN(C)C(=O)/C(=C/c1ccc([N+](=O)[O-])cc1)CBr. The smallest absolute Gasteiger partial charge is 0.269 e. The lowest BCUT2D eigenvalue weighted by molar-refractivity contribution is -0.384. The highest BCUT2D eigenvalue weighted by Gasteiger charge is 2.14. The van der Waals surface area contributed by atoms with Crippen LogP contribution in [0.15, 0.2) is 29.8 Å². The van der Waals surface area contributed by atoms with Crippen molar-refractivity contribution in [1.29, 1.82) is 0 Å². The Morgan fingerprint density at radius 2 is 1.26 bits per heavy atom. The second-order valence-electron chi connectivity index (χ2n) is 9.68. The van der Waals surface area contributed by atoms with Gasteiger partial charge in [0.15, 0.2) is 0 Å². The average Bonchev–Trinajstić information content (AvgIpc) is 2.86. The molecule has 198 valence electrons. The molecule has 0 bridgehead atoms. The monoisotopic (exact) mass is 550 g/mol. The molecule has 5 nitrogen and oxygen atoms in total. The number of carbonyl (C=O) groups excluding carboxylic acids is 1. The Kier molecular flexibility index (Phi) is 18.4. The summed E-state index contributed by atoms with van der Waals surface area (Å²) in [5, 5.41) is 11.2. The highest BCUT2D eigenvalue weighted by atomic mass is 79.9. The number of non-ortho nitro benzene ring substituents is 1. The van der Waals surface area contributed by atoms with Gasteiger partial charge in [-0.25, -0.2) is 0 Å². The van der Waals surface area contributed by atoms with Crippen LogP contribution in [0.2, 0.25) is 0 Å². The zero-order valence-electron chi connectivity index (χ0n) is 22.1. The third kappa shape index (κ3) is 15.1. The first kappa shape index (κ1) is 31.3. The van der Waals surface area contributed by atoms with Gasteiger partial charge in [0.2, 0.25) is 5.91 Å². The summed E-state index contributed by atoms with van der Waals surface area (Å²) < 4.78 is 0. The van der Waals surface area contributed by atoms with E-state index in [0.29, 0.717) is 10.9 Å². The Labute approximate surface area is 222 Å². The third-order valence-electron chi connectivity index (χ3n) is 6.56. The molecule has 1 aromatic carbocycles. The number of hydrogen-bond acceptors (Lipinski definition) is 3. The number of amides is 1. The predicted octanol–water partition coefficient (Wildman–Crippen LogP) is 9.09. The van der Waals surface area contributed by atoms with Crippen molar-refractivity contribution in [2.75, 3.05) is 18.9 Å². The van der Waals surface area contributed by atoms with Crippen LogP contribution >= 0.6 is 15.9 Å². The Morgan fingerprint density at radius 3 is 1.66 bits per heavy atom. The highest BCUT2D eigenvalue weighted by Crippen LogP contribution is 2.17. The van der Waals surface area contributed by atoms with Crippen LogP contribution < -0.4 is 0 Å². The summed E-state index contributed by atoms with van der Waals surface area (Å²) in [7, 11) is 1.85. The number of hydrogen-bond donors (Lipinski definition) is 0. The van der Waals surface area contributed by atoms with E-state index in [-0.39, 0.29) is 11.6 Å². The van der Waals surface area contributed by atoms with Gasteiger partial charge in [-0.3, -0.25) is 14.9 Å². The number of carbonyl (C=O) groups is 1. The lowest BCUT2D eigenvalue weighted by atomic mass is 10.0. The zero-order chi connectivity index (χ0) is 25.7. The number of nitro benzene ring substituents is 1. The van der Waals surface area contributed by atoms with Gasteiger partial charge in [-0.15, -0.1) is 0 Å². The van der Waals surface area contributed by atoms with Crippen LogP contribution in [0, 0.1) is 10.1 Å². The molecule has 0 atom stereocenters. The van der Waals surface area contributed by atoms with Gasteiger partial charge in [-0.05, 0) is 30.2 Å². The van der Waals surface area contributed by atoms with Crippen molar-refractivity contribution in [3.05, 3.63) is 45.5 Å². The van der Waals surface area contributed by atoms with Crippen molar-refractivity contribution in [2.24, 2.45) is 0 Å². The summed E-state index contributed by atoms with van der Waals surface area (Å²) in [5.41, 5.74) is 1.49. The largest absolute Gasteiger partial charge is 0.342 e. The highest BCUT2D eigenvalue weighted by molar-refractivity contribution is 9.09. The van der Waals surface area contributed by atoms with Crippen LogP contribution in [0.3, 0.4) is 0 Å². The van der Waals surface area contributed by atoms with Gasteiger partial charge in [-0.2, -0.15) is 0 Å². The van der Waals surface area contributed by atoms with E-state index in [4.69, 9.17) is 0 Å². The van der Waals surface area contributed by atoms with Crippen LogP contribution in [-0.4, -0.2) is 34.7 Å². The number of nitrogens with zero attached hydrogens (tertiary/aromatic N) is 2. The fraction of sp³-hybridized carbons (Fsp3) is 0.690. The molecule has 0 unspecified atom stereocenters. The van der Waals surface area contributed by atoms with Crippen molar-refractivity contribution >= 4 is 33.6 Å². The second kappa shape index (κ2) is 20.5. The third-order valence-corrected chi connectivity index (χ3v) is 7.16.